The molecule has 1 aliphatic rings. The van der Waals surface area contributed by atoms with Crippen LogP contribution in [0.4, 0.5) is 0 Å². The molecule has 0 aromatic carbocycles. The van der Waals surface area contributed by atoms with Crippen LogP contribution < -0.4 is 5.32 Å². The molecule has 1 aliphatic carbocycles. The SMILES string of the molecule is CCNC(C=C(C)C)C1CCCCCC1. The molecular formula is C14H27N. The van der Waals surface area contributed by atoms with E-state index in [2.05, 4.69) is 32.2 Å². The van der Waals surface area contributed by atoms with Crippen molar-refractivity contribution in [2.75, 3.05) is 6.54 Å². The second-order valence-electron chi connectivity index (χ2n) is 5.08. The Balaban J connectivity index is 2.55. The summed E-state index contributed by atoms with van der Waals surface area (Å²) in [7, 11) is 0. The van der Waals surface area contributed by atoms with Gasteiger partial charge in [-0.1, -0.05) is 44.3 Å². The minimum absolute atomic E-state index is 0.623. The highest BCUT2D eigenvalue weighted by Gasteiger charge is 2.19. The number of hydrogen-bond donors (Lipinski definition) is 1. The van der Waals surface area contributed by atoms with Gasteiger partial charge in [0.15, 0.2) is 0 Å². The first-order chi connectivity index (χ1) is 7.24. The fourth-order valence-electron chi connectivity index (χ4n) is 2.63. The Kier molecular flexibility index (Phi) is 6.00. The average molecular weight is 209 g/mol. The second kappa shape index (κ2) is 7.05. The third kappa shape index (κ3) is 4.83. The van der Waals surface area contributed by atoms with Crippen LogP contribution in [0, 0.1) is 5.92 Å². The summed E-state index contributed by atoms with van der Waals surface area (Å²) in [4.78, 5) is 0. The highest BCUT2D eigenvalue weighted by molar-refractivity contribution is 5.03. The standard InChI is InChI=1S/C14H27N/c1-4-15-14(11-12(2)3)13-9-7-5-6-8-10-13/h11,13-15H,4-10H2,1-3H3. The van der Waals surface area contributed by atoms with Crippen LogP contribution >= 0.6 is 0 Å². The van der Waals surface area contributed by atoms with Crippen molar-refractivity contribution in [1.82, 2.24) is 5.32 Å². The molecule has 1 heteroatoms. The third-order valence-corrected chi connectivity index (χ3v) is 3.36. The fourth-order valence-corrected chi connectivity index (χ4v) is 2.63. The molecule has 0 radical (unpaired) electrons. The van der Waals surface area contributed by atoms with Gasteiger partial charge in [-0.05, 0) is 39.2 Å². The predicted octanol–water partition coefficient (Wildman–Crippen LogP) is 3.90. The van der Waals surface area contributed by atoms with Crippen LogP contribution in [-0.2, 0) is 0 Å². The number of hydrogen-bond acceptors (Lipinski definition) is 1. The normalized spacial score (nSPS) is 20.7. The molecule has 1 N–H and O–H groups in total. The zero-order valence-corrected chi connectivity index (χ0v) is 10.7. The highest BCUT2D eigenvalue weighted by Crippen LogP contribution is 2.26. The Morgan fingerprint density at radius 2 is 1.80 bits per heavy atom. The van der Waals surface area contributed by atoms with Crippen LogP contribution in [0.1, 0.15) is 59.3 Å². The first-order valence-corrected chi connectivity index (χ1v) is 6.62. The van der Waals surface area contributed by atoms with Crippen molar-refractivity contribution in [3.05, 3.63) is 11.6 Å². The molecule has 1 unspecified atom stereocenters. The molecule has 1 saturated carbocycles. The van der Waals surface area contributed by atoms with E-state index in [4.69, 9.17) is 0 Å². The number of nitrogens with one attached hydrogen (secondary N) is 1. The summed E-state index contributed by atoms with van der Waals surface area (Å²) in [6.45, 7) is 7.72. The molecule has 0 spiro atoms. The number of likely N-dealkylation sites (N-methyl/N-ethyl adjacent to an activating group) is 1. The van der Waals surface area contributed by atoms with E-state index < -0.39 is 0 Å². The van der Waals surface area contributed by atoms with Crippen LogP contribution in [-0.4, -0.2) is 12.6 Å². The van der Waals surface area contributed by atoms with Crippen molar-refractivity contribution in [2.45, 2.75) is 65.3 Å². The van der Waals surface area contributed by atoms with Crippen molar-refractivity contribution < 1.29 is 0 Å². The van der Waals surface area contributed by atoms with E-state index in [0.29, 0.717) is 6.04 Å². The quantitative estimate of drug-likeness (QED) is 0.547. The van der Waals surface area contributed by atoms with Crippen LogP contribution in [0.2, 0.25) is 0 Å². The largest absolute Gasteiger partial charge is 0.311 e. The second-order valence-corrected chi connectivity index (χ2v) is 5.08. The summed E-state index contributed by atoms with van der Waals surface area (Å²) in [5.41, 5.74) is 1.45. The van der Waals surface area contributed by atoms with E-state index in [0.717, 1.165) is 12.5 Å². The van der Waals surface area contributed by atoms with Gasteiger partial charge in [0.1, 0.15) is 0 Å². The molecule has 1 fully saturated rings. The van der Waals surface area contributed by atoms with Crippen LogP contribution in [0.15, 0.2) is 11.6 Å². The minimum Gasteiger partial charge on any atom is -0.311 e. The molecule has 1 nitrogen and oxygen atoms in total. The number of allylic oxidation sites excluding steroid dienone is 1. The average Bonchev–Trinajstić information content (AvgIpc) is 2.44. The minimum atomic E-state index is 0.623. The first kappa shape index (κ1) is 12.8. The Bertz CT molecular complexity index is 184. The zero-order chi connectivity index (χ0) is 11.1. The molecular weight excluding hydrogens is 182 g/mol. The Labute approximate surface area is 95.3 Å². The lowest BCUT2D eigenvalue weighted by Gasteiger charge is -2.24. The van der Waals surface area contributed by atoms with Crippen molar-refractivity contribution in [3.63, 3.8) is 0 Å². The molecule has 0 saturated heterocycles. The topological polar surface area (TPSA) is 12.0 Å². The zero-order valence-electron chi connectivity index (χ0n) is 10.7. The molecule has 0 amide bonds. The van der Waals surface area contributed by atoms with Gasteiger partial charge in [-0.15, -0.1) is 0 Å². The molecule has 15 heavy (non-hydrogen) atoms. The molecule has 0 aliphatic heterocycles. The van der Waals surface area contributed by atoms with Crippen molar-refractivity contribution >= 4 is 0 Å². The van der Waals surface area contributed by atoms with E-state index in [-0.39, 0.29) is 0 Å². The maximum absolute atomic E-state index is 3.64. The summed E-state index contributed by atoms with van der Waals surface area (Å²) in [6.07, 6.45) is 11.0. The van der Waals surface area contributed by atoms with Gasteiger partial charge >= 0.3 is 0 Å². The van der Waals surface area contributed by atoms with Crippen LogP contribution in [0.25, 0.3) is 0 Å². The van der Waals surface area contributed by atoms with E-state index in [1.165, 1.54) is 44.1 Å². The van der Waals surface area contributed by atoms with Gasteiger partial charge in [-0.2, -0.15) is 0 Å². The van der Waals surface area contributed by atoms with Gasteiger partial charge in [0, 0.05) is 6.04 Å². The maximum Gasteiger partial charge on any atom is 0.0280 e. The summed E-state index contributed by atoms with van der Waals surface area (Å²) in [6, 6.07) is 0.623. The van der Waals surface area contributed by atoms with E-state index >= 15 is 0 Å². The lowest BCUT2D eigenvalue weighted by Crippen LogP contribution is -2.34. The third-order valence-electron chi connectivity index (χ3n) is 3.36. The van der Waals surface area contributed by atoms with E-state index in [9.17, 15) is 0 Å². The Hall–Kier alpha value is -0.300. The molecule has 0 bridgehead atoms. The van der Waals surface area contributed by atoms with Crippen molar-refractivity contribution in [3.8, 4) is 0 Å². The monoisotopic (exact) mass is 209 g/mol. The summed E-state index contributed by atoms with van der Waals surface area (Å²) >= 11 is 0. The predicted molar refractivity (Wildman–Crippen MR) is 68.1 cm³/mol. The van der Waals surface area contributed by atoms with Gasteiger partial charge in [-0.25, -0.2) is 0 Å². The smallest absolute Gasteiger partial charge is 0.0280 e. The highest BCUT2D eigenvalue weighted by atomic mass is 14.9. The van der Waals surface area contributed by atoms with Gasteiger partial charge < -0.3 is 5.32 Å². The van der Waals surface area contributed by atoms with E-state index in [1.807, 2.05) is 0 Å². The summed E-state index contributed by atoms with van der Waals surface area (Å²) in [5, 5.41) is 3.64. The van der Waals surface area contributed by atoms with Gasteiger partial charge in [0.2, 0.25) is 0 Å². The molecule has 1 rings (SSSR count). The fraction of sp³-hybridized carbons (Fsp3) is 0.857. The van der Waals surface area contributed by atoms with Gasteiger partial charge in [-0.3, -0.25) is 0 Å². The Morgan fingerprint density at radius 3 is 2.27 bits per heavy atom. The van der Waals surface area contributed by atoms with Gasteiger partial charge in [0.25, 0.3) is 0 Å². The number of rotatable bonds is 4. The molecule has 1 atom stereocenters. The van der Waals surface area contributed by atoms with Crippen LogP contribution in [0.3, 0.4) is 0 Å². The van der Waals surface area contributed by atoms with Crippen molar-refractivity contribution in [1.29, 1.82) is 0 Å². The Morgan fingerprint density at radius 1 is 1.20 bits per heavy atom. The maximum atomic E-state index is 3.64. The molecule has 0 aromatic heterocycles. The first-order valence-electron chi connectivity index (χ1n) is 6.62. The molecule has 0 aromatic rings. The van der Waals surface area contributed by atoms with Gasteiger partial charge in [0.05, 0.1) is 0 Å². The lowest BCUT2D eigenvalue weighted by molar-refractivity contribution is 0.368. The van der Waals surface area contributed by atoms with Crippen LogP contribution in [0.5, 0.6) is 0 Å². The summed E-state index contributed by atoms with van der Waals surface area (Å²) < 4.78 is 0. The molecule has 0 heterocycles. The molecule has 88 valence electrons. The summed E-state index contributed by atoms with van der Waals surface area (Å²) in [5.74, 6) is 0.877. The van der Waals surface area contributed by atoms with E-state index in [1.54, 1.807) is 0 Å². The lowest BCUT2D eigenvalue weighted by atomic mass is 9.90. The van der Waals surface area contributed by atoms with Crippen molar-refractivity contribution in [2.24, 2.45) is 5.92 Å².